The highest BCUT2D eigenvalue weighted by Crippen LogP contribution is 2.69. The molecule has 4 atom stereocenters. The summed E-state index contributed by atoms with van der Waals surface area (Å²) in [5, 5.41) is 3.02. The van der Waals surface area contributed by atoms with Crippen molar-refractivity contribution < 1.29 is 0 Å². The lowest BCUT2D eigenvalue weighted by Crippen LogP contribution is -2.58. The zero-order chi connectivity index (χ0) is 19.1. The Bertz CT molecular complexity index is 883. The average Bonchev–Trinajstić information content (AvgIpc) is 2.76. The van der Waals surface area contributed by atoms with E-state index in [0.717, 1.165) is 11.8 Å². The lowest BCUT2D eigenvalue weighted by Gasteiger charge is -2.64. The molecule has 3 aliphatic carbocycles. The molecule has 2 bridgehead atoms. The number of aromatic nitrogens is 1. The molecule has 0 N–H and O–H groups in total. The molecule has 142 valence electrons. The molecule has 0 saturated heterocycles. The maximum Gasteiger partial charge on any atom is 0.0441 e. The number of hydrogen-bond acceptors (Lipinski definition) is 1. The number of fused-ring (bicyclic) bond motifs is 2. The second-order valence-electron chi connectivity index (χ2n) is 8.99. The van der Waals surface area contributed by atoms with Crippen LogP contribution in [0, 0.1) is 17.3 Å². The Hall–Kier alpha value is -1.98. The van der Waals surface area contributed by atoms with E-state index in [4.69, 9.17) is 4.98 Å². The molecule has 3 aromatic rings. The SMILES string of the molecule is CC1(C)C2C[C@H]1C[C@H](c1ccccn1)[C@H]2P(c1ccccc1)c1ccccc1. The molecule has 2 heteroatoms. The minimum Gasteiger partial charge on any atom is -0.261 e. The van der Waals surface area contributed by atoms with E-state index in [9.17, 15) is 0 Å². The summed E-state index contributed by atoms with van der Waals surface area (Å²) in [6, 6.07) is 29.0. The molecule has 3 saturated carbocycles. The first-order chi connectivity index (χ1) is 13.7. The van der Waals surface area contributed by atoms with E-state index >= 15 is 0 Å². The van der Waals surface area contributed by atoms with Crippen LogP contribution < -0.4 is 10.6 Å². The quantitative estimate of drug-likeness (QED) is 0.523. The van der Waals surface area contributed by atoms with Crippen LogP contribution in [-0.4, -0.2) is 10.6 Å². The van der Waals surface area contributed by atoms with Gasteiger partial charge in [-0.3, -0.25) is 4.98 Å². The van der Waals surface area contributed by atoms with Gasteiger partial charge in [-0.15, -0.1) is 0 Å². The van der Waals surface area contributed by atoms with Crippen LogP contribution in [0.5, 0.6) is 0 Å². The van der Waals surface area contributed by atoms with Gasteiger partial charge in [0, 0.05) is 17.8 Å². The van der Waals surface area contributed by atoms with E-state index < -0.39 is 7.92 Å². The molecule has 28 heavy (non-hydrogen) atoms. The molecule has 0 spiro atoms. The Morgan fingerprint density at radius 3 is 1.93 bits per heavy atom. The summed E-state index contributed by atoms with van der Waals surface area (Å²) in [7, 11) is -0.432. The standard InChI is InChI=1S/C26H28NP/c1-26(2)19-17-22(24-15-9-10-16-27-24)25(23(26)18-19)28(20-11-5-3-6-12-20)21-13-7-4-8-14-21/h3-16,19,22-23,25H,17-18H2,1-2H3/t19-,22-,23?,25-/m1/s1. The lowest BCUT2D eigenvalue weighted by atomic mass is 9.46. The fourth-order valence-electron chi connectivity index (χ4n) is 5.68. The van der Waals surface area contributed by atoms with Crippen LogP contribution in [0.15, 0.2) is 85.1 Å². The van der Waals surface area contributed by atoms with Crippen molar-refractivity contribution in [3.63, 3.8) is 0 Å². The van der Waals surface area contributed by atoms with Gasteiger partial charge >= 0.3 is 0 Å². The zero-order valence-electron chi connectivity index (χ0n) is 16.7. The maximum absolute atomic E-state index is 4.84. The van der Waals surface area contributed by atoms with Crippen LogP contribution >= 0.6 is 7.92 Å². The Morgan fingerprint density at radius 2 is 1.39 bits per heavy atom. The summed E-state index contributed by atoms with van der Waals surface area (Å²) in [6.45, 7) is 5.02. The van der Waals surface area contributed by atoms with Crippen LogP contribution in [0.25, 0.3) is 0 Å². The summed E-state index contributed by atoms with van der Waals surface area (Å²) < 4.78 is 0. The Balaban J connectivity index is 1.65. The Labute approximate surface area is 170 Å². The average molecular weight is 385 g/mol. The fourth-order valence-corrected chi connectivity index (χ4v) is 9.16. The van der Waals surface area contributed by atoms with Crippen LogP contribution in [0.1, 0.15) is 38.3 Å². The highest BCUT2D eigenvalue weighted by Gasteiger charge is 2.60. The van der Waals surface area contributed by atoms with Gasteiger partial charge in [0.25, 0.3) is 0 Å². The van der Waals surface area contributed by atoms with Gasteiger partial charge in [0.2, 0.25) is 0 Å². The van der Waals surface area contributed by atoms with Crippen molar-refractivity contribution in [2.45, 2.75) is 38.3 Å². The van der Waals surface area contributed by atoms with E-state index in [0.29, 0.717) is 17.0 Å². The van der Waals surface area contributed by atoms with Crippen molar-refractivity contribution in [3.8, 4) is 0 Å². The minimum atomic E-state index is -0.432. The molecule has 1 nitrogen and oxygen atoms in total. The van der Waals surface area contributed by atoms with Gasteiger partial charge in [-0.25, -0.2) is 0 Å². The van der Waals surface area contributed by atoms with Gasteiger partial charge in [-0.05, 0) is 66.4 Å². The minimum absolute atomic E-state index is 0.432. The molecule has 1 aromatic heterocycles. The van der Waals surface area contributed by atoms with E-state index in [1.54, 1.807) is 0 Å². The van der Waals surface area contributed by atoms with Crippen molar-refractivity contribution in [1.29, 1.82) is 0 Å². The van der Waals surface area contributed by atoms with Gasteiger partial charge < -0.3 is 0 Å². The third kappa shape index (κ3) is 2.92. The summed E-state index contributed by atoms with van der Waals surface area (Å²) in [5.74, 6) is 2.17. The van der Waals surface area contributed by atoms with Crippen molar-refractivity contribution in [1.82, 2.24) is 4.98 Å². The van der Waals surface area contributed by atoms with Gasteiger partial charge in [0.1, 0.15) is 0 Å². The first kappa shape index (κ1) is 18.1. The van der Waals surface area contributed by atoms with Gasteiger partial charge in [0.05, 0.1) is 0 Å². The maximum atomic E-state index is 4.84. The summed E-state index contributed by atoms with van der Waals surface area (Å²) in [6.07, 6.45) is 4.65. The van der Waals surface area contributed by atoms with Crippen LogP contribution in [0.2, 0.25) is 0 Å². The monoisotopic (exact) mass is 385 g/mol. The van der Waals surface area contributed by atoms with Crippen molar-refractivity contribution in [2.75, 3.05) is 0 Å². The summed E-state index contributed by atoms with van der Waals surface area (Å²) in [4.78, 5) is 4.84. The Morgan fingerprint density at radius 1 is 0.786 bits per heavy atom. The molecular formula is C26H28NP. The molecule has 3 aliphatic rings. The fraction of sp³-hybridized carbons (Fsp3) is 0.346. The van der Waals surface area contributed by atoms with E-state index in [1.165, 1.54) is 29.1 Å². The summed E-state index contributed by atoms with van der Waals surface area (Å²) in [5.41, 5.74) is 2.40. The zero-order valence-corrected chi connectivity index (χ0v) is 17.6. The van der Waals surface area contributed by atoms with Crippen LogP contribution in [-0.2, 0) is 0 Å². The summed E-state index contributed by atoms with van der Waals surface area (Å²) >= 11 is 0. The first-order valence-electron chi connectivity index (χ1n) is 10.5. The molecule has 0 amide bonds. The van der Waals surface area contributed by atoms with E-state index in [-0.39, 0.29) is 0 Å². The third-order valence-corrected chi connectivity index (χ3v) is 10.4. The van der Waals surface area contributed by atoms with Gasteiger partial charge in [-0.1, -0.05) is 80.6 Å². The van der Waals surface area contributed by atoms with Crippen molar-refractivity contribution in [3.05, 3.63) is 90.8 Å². The topological polar surface area (TPSA) is 12.9 Å². The van der Waals surface area contributed by atoms with E-state index in [2.05, 4.69) is 86.6 Å². The normalized spacial score (nSPS) is 28.0. The molecular weight excluding hydrogens is 357 g/mol. The number of hydrogen-bond donors (Lipinski definition) is 0. The first-order valence-corrected chi connectivity index (χ1v) is 11.9. The molecule has 6 rings (SSSR count). The van der Waals surface area contributed by atoms with E-state index in [1.807, 2.05) is 12.3 Å². The number of pyridine rings is 1. The molecule has 1 unspecified atom stereocenters. The van der Waals surface area contributed by atoms with Gasteiger partial charge in [0.15, 0.2) is 0 Å². The van der Waals surface area contributed by atoms with Crippen molar-refractivity contribution in [2.24, 2.45) is 17.3 Å². The predicted molar refractivity (Wildman–Crippen MR) is 120 cm³/mol. The highest BCUT2D eigenvalue weighted by atomic mass is 31.1. The van der Waals surface area contributed by atoms with Crippen molar-refractivity contribution >= 4 is 18.5 Å². The van der Waals surface area contributed by atoms with Gasteiger partial charge in [-0.2, -0.15) is 0 Å². The number of benzene rings is 2. The molecule has 2 aromatic carbocycles. The second-order valence-corrected chi connectivity index (χ2v) is 11.4. The predicted octanol–water partition coefficient (Wildman–Crippen LogP) is 5.73. The number of rotatable bonds is 4. The van der Waals surface area contributed by atoms with Crippen LogP contribution in [0.4, 0.5) is 0 Å². The third-order valence-electron chi connectivity index (χ3n) is 7.34. The molecule has 3 fully saturated rings. The number of nitrogens with zero attached hydrogens (tertiary/aromatic N) is 1. The van der Waals surface area contributed by atoms with Crippen LogP contribution in [0.3, 0.4) is 0 Å². The molecule has 1 heterocycles. The highest BCUT2D eigenvalue weighted by molar-refractivity contribution is 7.73. The smallest absolute Gasteiger partial charge is 0.0441 e. The largest absolute Gasteiger partial charge is 0.261 e. The molecule has 0 aliphatic heterocycles. The molecule has 0 radical (unpaired) electrons. The lowest BCUT2D eigenvalue weighted by molar-refractivity contribution is -0.0704. The Kier molecular flexibility index (Phi) is 4.60. The second kappa shape index (κ2) is 7.12.